The zero-order valence-electron chi connectivity index (χ0n) is 9.46. The molecule has 84 valence electrons. The summed E-state index contributed by atoms with van der Waals surface area (Å²) in [5, 5.41) is 3.45. The summed E-state index contributed by atoms with van der Waals surface area (Å²) in [5.74, 6) is 6.66. The molecule has 0 unspecified atom stereocenters. The number of benzene rings is 1. The second-order valence-electron chi connectivity index (χ2n) is 4.19. The highest BCUT2D eigenvalue weighted by Gasteiger charge is 2.30. The second-order valence-corrected chi connectivity index (χ2v) is 5.05. The van der Waals surface area contributed by atoms with Gasteiger partial charge in [-0.05, 0) is 37.3 Å². The fourth-order valence-electron chi connectivity index (χ4n) is 2.13. The molecule has 1 nitrogen and oxygen atoms in total. The van der Waals surface area contributed by atoms with E-state index in [0.717, 1.165) is 6.54 Å². The summed E-state index contributed by atoms with van der Waals surface area (Å²) in [5.41, 5.74) is 1.45. The molecule has 1 aliphatic carbocycles. The quantitative estimate of drug-likeness (QED) is 0.836. The van der Waals surface area contributed by atoms with Gasteiger partial charge in [0.1, 0.15) is 0 Å². The molecule has 2 rings (SSSR count). The van der Waals surface area contributed by atoms with Crippen LogP contribution in [-0.2, 0) is 0 Å². The van der Waals surface area contributed by atoms with Gasteiger partial charge in [-0.25, -0.2) is 0 Å². The molecule has 0 saturated heterocycles. The van der Waals surface area contributed by atoms with E-state index in [1.54, 1.807) is 0 Å². The van der Waals surface area contributed by atoms with Crippen molar-refractivity contribution in [1.29, 1.82) is 0 Å². The third-order valence-corrected chi connectivity index (χ3v) is 3.86. The first kappa shape index (κ1) is 11.7. The third kappa shape index (κ3) is 2.66. The first-order valence-corrected chi connectivity index (χ1v) is 6.48. The minimum Gasteiger partial charge on any atom is -0.303 e. The summed E-state index contributed by atoms with van der Waals surface area (Å²) >= 11 is 3.61. The lowest BCUT2D eigenvalue weighted by Gasteiger charge is -2.36. The zero-order valence-corrected chi connectivity index (χ0v) is 11.0. The van der Waals surface area contributed by atoms with Gasteiger partial charge in [-0.3, -0.25) is 0 Å². The van der Waals surface area contributed by atoms with E-state index in [0.29, 0.717) is 12.0 Å². The molecule has 16 heavy (non-hydrogen) atoms. The molecule has 1 aromatic carbocycles. The summed E-state index contributed by atoms with van der Waals surface area (Å²) < 4.78 is 1.24. The van der Waals surface area contributed by atoms with Crippen LogP contribution in [0.3, 0.4) is 0 Å². The van der Waals surface area contributed by atoms with Crippen molar-refractivity contribution in [2.24, 2.45) is 0 Å². The molecule has 1 aliphatic rings. The van der Waals surface area contributed by atoms with Gasteiger partial charge in [-0.15, -0.1) is 5.92 Å². The van der Waals surface area contributed by atoms with Gasteiger partial charge >= 0.3 is 0 Å². The minimum atomic E-state index is 0.651. The molecule has 1 N–H and O–H groups in total. The summed E-state index contributed by atoms with van der Waals surface area (Å²) in [4.78, 5) is 0. The predicted molar refractivity (Wildman–Crippen MR) is 71.4 cm³/mol. The van der Waals surface area contributed by atoms with Crippen LogP contribution in [0.25, 0.3) is 0 Å². The van der Waals surface area contributed by atoms with E-state index < -0.39 is 0 Å². The number of halogens is 1. The maximum atomic E-state index is 3.61. The van der Waals surface area contributed by atoms with E-state index in [1.807, 2.05) is 6.92 Å². The van der Waals surface area contributed by atoms with Crippen LogP contribution in [0.1, 0.15) is 31.2 Å². The Balaban J connectivity index is 1.84. The Hall–Kier alpha value is -0.780. The number of nitrogens with one attached hydrogen (secondary N) is 1. The summed E-state index contributed by atoms with van der Waals surface area (Å²) in [6.07, 6.45) is 2.46. The van der Waals surface area contributed by atoms with Crippen molar-refractivity contribution in [2.45, 2.75) is 31.7 Å². The van der Waals surface area contributed by atoms with Crippen molar-refractivity contribution in [2.75, 3.05) is 6.54 Å². The van der Waals surface area contributed by atoms with Crippen LogP contribution in [0.15, 0.2) is 28.7 Å². The Morgan fingerprint density at radius 3 is 2.81 bits per heavy atom. The largest absolute Gasteiger partial charge is 0.303 e. The van der Waals surface area contributed by atoms with Crippen molar-refractivity contribution in [3.05, 3.63) is 34.3 Å². The first-order valence-electron chi connectivity index (χ1n) is 5.68. The SMILES string of the molecule is CC#CCNC1CC(c2ccccc2Br)C1. The van der Waals surface area contributed by atoms with Crippen molar-refractivity contribution in [3.63, 3.8) is 0 Å². The van der Waals surface area contributed by atoms with Crippen molar-refractivity contribution < 1.29 is 0 Å². The van der Waals surface area contributed by atoms with E-state index in [4.69, 9.17) is 0 Å². The van der Waals surface area contributed by atoms with Crippen LogP contribution in [0.2, 0.25) is 0 Å². The topological polar surface area (TPSA) is 12.0 Å². The zero-order chi connectivity index (χ0) is 11.4. The Morgan fingerprint density at radius 2 is 2.12 bits per heavy atom. The summed E-state index contributed by atoms with van der Waals surface area (Å²) in [7, 11) is 0. The first-order chi connectivity index (χ1) is 7.81. The molecule has 0 aliphatic heterocycles. The van der Waals surface area contributed by atoms with Crippen LogP contribution in [0, 0.1) is 11.8 Å². The van der Waals surface area contributed by atoms with Gasteiger partial charge in [-0.2, -0.15) is 0 Å². The molecular formula is C14H16BrN. The Morgan fingerprint density at radius 1 is 1.38 bits per heavy atom. The molecule has 1 saturated carbocycles. The van der Waals surface area contributed by atoms with Gasteiger partial charge in [0.2, 0.25) is 0 Å². The molecule has 0 amide bonds. The normalized spacial score (nSPS) is 23.1. The van der Waals surface area contributed by atoms with Crippen molar-refractivity contribution in [3.8, 4) is 11.8 Å². The lowest BCUT2D eigenvalue weighted by atomic mass is 9.76. The maximum Gasteiger partial charge on any atom is 0.0578 e. The average Bonchev–Trinajstić information content (AvgIpc) is 2.23. The fourth-order valence-corrected chi connectivity index (χ4v) is 2.74. The maximum absolute atomic E-state index is 3.61. The predicted octanol–water partition coefficient (Wildman–Crippen LogP) is 3.31. The Labute approximate surface area is 106 Å². The highest BCUT2D eigenvalue weighted by Crippen LogP contribution is 2.39. The van der Waals surface area contributed by atoms with E-state index in [1.165, 1.54) is 22.9 Å². The van der Waals surface area contributed by atoms with Crippen LogP contribution in [0.4, 0.5) is 0 Å². The number of hydrogen-bond donors (Lipinski definition) is 1. The average molecular weight is 278 g/mol. The lowest BCUT2D eigenvalue weighted by molar-refractivity contribution is 0.300. The highest BCUT2D eigenvalue weighted by atomic mass is 79.9. The molecule has 1 aromatic rings. The Bertz CT molecular complexity index is 410. The van der Waals surface area contributed by atoms with Gasteiger partial charge in [0.25, 0.3) is 0 Å². The van der Waals surface area contributed by atoms with E-state index in [2.05, 4.69) is 57.4 Å². The molecule has 0 heterocycles. The van der Waals surface area contributed by atoms with Crippen LogP contribution in [-0.4, -0.2) is 12.6 Å². The van der Waals surface area contributed by atoms with Crippen LogP contribution in [0.5, 0.6) is 0 Å². The minimum absolute atomic E-state index is 0.651. The van der Waals surface area contributed by atoms with Gasteiger partial charge in [-0.1, -0.05) is 40.0 Å². The molecule has 2 heteroatoms. The lowest BCUT2D eigenvalue weighted by Crippen LogP contribution is -2.40. The monoisotopic (exact) mass is 277 g/mol. The van der Waals surface area contributed by atoms with Gasteiger partial charge in [0.05, 0.1) is 6.54 Å². The highest BCUT2D eigenvalue weighted by molar-refractivity contribution is 9.10. The molecule has 0 atom stereocenters. The van der Waals surface area contributed by atoms with Crippen LogP contribution < -0.4 is 5.32 Å². The van der Waals surface area contributed by atoms with Crippen molar-refractivity contribution >= 4 is 15.9 Å². The Kier molecular flexibility index (Phi) is 4.04. The van der Waals surface area contributed by atoms with Crippen molar-refractivity contribution in [1.82, 2.24) is 5.32 Å². The second kappa shape index (κ2) is 5.52. The standard InChI is InChI=1S/C14H16BrN/c1-2-3-8-16-12-9-11(10-12)13-6-4-5-7-14(13)15/h4-7,11-12,16H,8-10H2,1H3. The molecule has 1 fully saturated rings. The molecule has 0 aromatic heterocycles. The molecular weight excluding hydrogens is 262 g/mol. The van der Waals surface area contributed by atoms with E-state index in [-0.39, 0.29) is 0 Å². The van der Waals surface area contributed by atoms with Crippen LogP contribution >= 0.6 is 15.9 Å². The molecule has 0 spiro atoms. The molecule has 0 radical (unpaired) electrons. The van der Waals surface area contributed by atoms with Gasteiger partial charge < -0.3 is 5.32 Å². The smallest absolute Gasteiger partial charge is 0.0578 e. The van der Waals surface area contributed by atoms with Gasteiger partial charge in [0.15, 0.2) is 0 Å². The third-order valence-electron chi connectivity index (χ3n) is 3.14. The molecule has 0 bridgehead atoms. The number of hydrogen-bond acceptors (Lipinski definition) is 1. The van der Waals surface area contributed by atoms with Gasteiger partial charge in [0, 0.05) is 10.5 Å². The summed E-state index contributed by atoms with van der Waals surface area (Å²) in [6, 6.07) is 9.18. The van der Waals surface area contributed by atoms with E-state index >= 15 is 0 Å². The number of rotatable bonds is 3. The fraction of sp³-hybridized carbons (Fsp3) is 0.429. The van der Waals surface area contributed by atoms with E-state index in [9.17, 15) is 0 Å². The summed E-state index contributed by atoms with van der Waals surface area (Å²) in [6.45, 7) is 2.70.